The standard InChI is InChI=1S/C13H26N4O2.HI/c1-5-6-15-11(14)16-7-9-17(10-8-16)12(18)19-13(2,3)4;/h5-10H2,1-4H3,(H2,14,15);1H. The molecule has 7 heteroatoms. The summed E-state index contributed by atoms with van der Waals surface area (Å²) in [6.07, 6.45) is 0.731. The van der Waals surface area contributed by atoms with Crippen molar-refractivity contribution in [3.05, 3.63) is 0 Å². The number of hydrogen-bond donors (Lipinski definition) is 1. The molecule has 1 amide bonds. The number of carbonyl (C=O) groups excluding carboxylic acids is 1. The molecule has 1 heterocycles. The van der Waals surface area contributed by atoms with Gasteiger partial charge in [-0.25, -0.2) is 4.79 Å². The lowest BCUT2D eigenvalue weighted by atomic mass is 10.2. The van der Waals surface area contributed by atoms with Gasteiger partial charge in [0.2, 0.25) is 0 Å². The summed E-state index contributed by atoms with van der Waals surface area (Å²) in [5, 5.41) is 0. The van der Waals surface area contributed by atoms with Crippen molar-refractivity contribution in [2.75, 3.05) is 32.7 Å². The second-order valence-electron chi connectivity index (χ2n) is 5.69. The van der Waals surface area contributed by atoms with Crippen LogP contribution in [0.2, 0.25) is 0 Å². The number of guanidine groups is 1. The summed E-state index contributed by atoms with van der Waals surface area (Å²) in [6.45, 7) is 11.1. The summed E-state index contributed by atoms with van der Waals surface area (Å²) in [4.78, 5) is 19.9. The molecule has 1 saturated heterocycles. The Morgan fingerprint density at radius 2 is 1.70 bits per heavy atom. The first-order chi connectivity index (χ1) is 8.83. The lowest BCUT2D eigenvalue weighted by Crippen LogP contribution is -2.53. The van der Waals surface area contributed by atoms with Crippen LogP contribution in [0.1, 0.15) is 34.1 Å². The molecule has 0 atom stereocenters. The number of amides is 1. The number of nitrogens with two attached hydrogens (primary N) is 1. The van der Waals surface area contributed by atoms with Crippen molar-refractivity contribution in [1.29, 1.82) is 0 Å². The van der Waals surface area contributed by atoms with Crippen molar-refractivity contribution in [2.24, 2.45) is 10.7 Å². The van der Waals surface area contributed by atoms with Gasteiger partial charge in [0.15, 0.2) is 5.96 Å². The largest absolute Gasteiger partial charge is 0.444 e. The molecular formula is C13H27IN4O2. The molecule has 0 aromatic carbocycles. The maximum atomic E-state index is 11.9. The highest BCUT2D eigenvalue weighted by Gasteiger charge is 2.26. The van der Waals surface area contributed by atoms with Gasteiger partial charge >= 0.3 is 6.09 Å². The average molecular weight is 398 g/mol. The summed E-state index contributed by atoms with van der Waals surface area (Å²) in [6, 6.07) is 0. The maximum absolute atomic E-state index is 11.9. The fraction of sp³-hybridized carbons (Fsp3) is 0.846. The van der Waals surface area contributed by atoms with Crippen LogP contribution in [0.15, 0.2) is 4.99 Å². The van der Waals surface area contributed by atoms with Crippen LogP contribution >= 0.6 is 24.0 Å². The highest BCUT2D eigenvalue weighted by atomic mass is 127. The van der Waals surface area contributed by atoms with Crippen LogP contribution in [0.5, 0.6) is 0 Å². The average Bonchev–Trinajstić information content (AvgIpc) is 2.34. The number of piperazine rings is 1. The maximum Gasteiger partial charge on any atom is 0.410 e. The molecule has 0 aliphatic carbocycles. The SMILES string of the molecule is CCCN=C(N)N1CCN(C(=O)OC(C)(C)C)CC1.I. The summed E-state index contributed by atoms with van der Waals surface area (Å²) in [5.41, 5.74) is 5.45. The highest BCUT2D eigenvalue weighted by molar-refractivity contribution is 14.0. The number of carbonyl (C=O) groups is 1. The molecule has 20 heavy (non-hydrogen) atoms. The van der Waals surface area contributed by atoms with E-state index in [1.807, 2.05) is 25.7 Å². The molecule has 0 spiro atoms. The van der Waals surface area contributed by atoms with E-state index in [2.05, 4.69) is 11.9 Å². The molecule has 0 radical (unpaired) electrons. The Morgan fingerprint density at radius 1 is 1.20 bits per heavy atom. The molecule has 1 rings (SSSR count). The number of nitrogens with zero attached hydrogens (tertiary/aromatic N) is 3. The van der Waals surface area contributed by atoms with Crippen molar-refractivity contribution in [1.82, 2.24) is 9.80 Å². The molecule has 1 fully saturated rings. The first kappa shape index (κ1) is 19.3. The van der Waals surface area contributed by atoms with Gasteiger partial charge in [-0.1, -0.05) is 6.92 Å². The van der Waals surface area contributed by atoms with Crippen molar-refractivity contribution in [2.45, 2.75) is 39.7 Å². The van der Waals surface area contributed by atoms with Gasteiger partial charge in [-0.2, -0.15) is 0 Å². The van der Waals surface area contributed by atoms with E-state index in [9.17, 15) is 4.79 Å². The van der Waals surface area contributed by atoms with Crippen LogP contribution in [-0.4, -0.2) is 60.2 Å². The molecular weight excluding hydrogens is 371 g/mol. The molecule has 1 aliphatic rings. The van der Waals surface area contributed by atoms with Crippen LogP contribution in [0.4, 0.5) is 4.79 Å². The molecule has 118 valence electrons. The van der Waals surface area contributed by atoms with E-state index in [1.165, 1.54) is 0 Å². The first-order valence-electron chi connectivity index (χ1n) is 6.86. The third-order valence-corrected chi connectivity index (χ3v) is 2.75. The Labute approximate surface area is 138 Å². The second-order valence-corrected chi connectivity index (χ2v) is 5.69. The van der Waals surface area contributed by atoms with Gasteiger partial charge in [-0.3, -0.25) is 4.99 Å². The van der Waals surface area contributed by atoms with Gasteiger partial charge in [-0.05, 0) is 27.2 Å². The number of rotatable bonds is 2. The molecule has 6 nitrogen and oxygen atoms in total. The zero-order valence-corrected chi connectivity index (χ0v) is 15.2. The number of ether oxygens (including phenoxy) is 1. The van der Waals surface area contributed by atoms with Gasteiger partial charge < -0.3 is 20.3 Å². The fourth-order valence-electron chi connectivity index (χ4n) is 1.77. The number of halogens is 1. The minimum Gasteiger partial charge on any atom is -0.444 e. The van der Waals surface area contributed by atoms with Crippen molar-refractivity contribution in [3.63, 3.8) is 0 Å². The van der Waals surface area contributed by atoms with E-state index in [-0.39, 0.29) is 30.1 Å². The lowest BCUT2D eigenvalue weighted by Gasteiger charge is -2.36. The summed E-state index contributed by atoms with van der Waals surface area (Å²) < 4.78 is 5.34. The Kier molecular flexibility index (Phi) is 8.22. The van der Waals surface area contributed by atoms with Crippen LogP contribution in [0.3, 0.4) is 0 Å². The van der Waals surface area contributed by atoms with Crippen molar-refractivity contribution < 1.29 is 9.53 Å². The third kappa shape index (κ3) is 6.62. The summed E-state index contributed by atoms with van der Waals surface area (Å²) in [7, 11) is 0. The highest BCUT2D eigenvalue weighted by Crippen LogP contribution is 2.11. The Bertz CT molecular complexity index is 334. The second kappa shape index (κ2) is 8.53. The molecule has 0 aromatic rings. The van der Waals surface area contributed by atoms with Crippen molar-refractivity contribution in [3.8, 4) is 0 Å². The Hall–Kier alpha value is -0.730. The molecule has 0 bridgehead atoms. The predicted octanol–water partition coefficient (Wildman–Crippen LogP) is 1.88. The smallest absolute Gasteiger partial charge is 0.410 e. The summed E-state index contributed by atoms with van der Waals surface area (Å²) in [5.74, 6) is 0.575. The fourth-order valence-corrected chi connectivity index (χ4v) is 1.77. The summed E-state index contributed by atoms with van der Waals surface area (Å²) >= 11 is 0. The molecule has 0 saturated carbocycles. The van der Waals surface area contributed by atoms with Crippen LogP contribution in [0.25, 0.3) is 0 Å². The van der Waals surface area contributed by atoms with Crippen molar-refractivity contribution >= 4 is 36.0 Å². The van der Waals surface area contributed by atoms with Crippen LogP contribution in [0, 0.1) is 0 Å². The minimum atomic E-state index is -0.449. The first-order valence-corrected chi connectivity index (χ1v) is 6.86. The van der Waals surface area contributed by atoms with E-state index >= 15 is 0 Å². The van der Waals surface area contributed by atoms with Gasteiger partial charge in [0, 0.05) is 32.7 Å². The van der Waals surface area contributed by atoms with Crippen LogP contribution in [-0.2, 0) is 4.74 Å². The van der Waals surface area contributed by atoms with Gasteiger partial charge in [0.05, 0.1) is 0 Å². The van der Waals surface area contributed by atoms with Crippen LogP contribution < -0.4 is 5.73 Å². The predicted molar refractivity (Wildman–Crippen MR) is 91.6 cm³/mol. The lowest BCUT2D eigenvalue weighted by molar-refractivity contribution is 0.0186. The monoisotopic (exact) mass is 398 g/mol. The van der Waals surface area contributed by atoms with E-state index in [4.69, 9.17) is 10.5 Å². The number of hydrogen-bond acceptors (Lipinski definition) is 3. The molecule has 2 N–H and O–H groups in total. The van der Waals surface area contributed by atoms with E-state index in [1.54, 1.807) is 4.90 Å². The Balaban J connectivity index is 0.00000361. The molecule has 0 aromatic heterocycles. The number of aliphatic imine (C=N–C) groups is 1. The van der Waals surface area contributed by atoms with Gasteiger partial charge in [0.25, 0.3) is 0 Å². The van der Waals surface area contributed by atoms with Gasteiger partial charge in [0.1, 0.15) is 5.60 Å². The molecule has 1 aliphatic heterocycles. The zero-order valence-electron chi connectivity index (χ0n) is 12.9. The quantitative estimate of drug-likeness (QED) is 0.438. The normalized spacial score (nSPS) is 16.7. The van der Waals surface area contributed by atoms with E-state index < -0.39 is 5.60 Å². The third-order valence-electron chi connectivity index (χ3n) is 2.75. The minimum absolute atomic E-state index is 0. The van der Waals surface area contributed by atoms with Gasteiger partial charge in [-0.15, -0.1) is 24.0 Å². The Morgan fingerprint density at radius 3 is 2.15 bits per heavy atom. The van der Waals surface area contributed by atoms with E-state index in [0.29, 0.717) is 32.1 Å². The van der Waals surface area contributed by atoms with E-state index in [0.717, 1.165) is 13.0 Å². The zero-order chi connectivity index (χ0) is 14.5. The molecule has 0 unspecified atom stereocenters. The topological polar surface area (TPSA) is 71.2 Å².